The Labute approximate surface area is 154 Å². The van der Waals surface area contributed by atoms with E-state index in [1.54, 1.807) is 31.4 Å². The fraction of sp³-hybridized carbons (Fsp3) is 0.278. The van der Waals surface area contributed by atoms with Gasteiger partial charge >= 0.3 is 6.36 Å². The molecule has 0 radical (unpaired) electrons. The molecule has 6 nitrogen and oxygen atoms in total. The summed E-state index contributed by atoms with van der Waals surface area (Å²) in [5, 5.41) is 2.89. The van der Waals surface area contributed by atoms with Gasteiger partial charge in [0.2, 0.25) is 0 Å². The van der Waals surface area contributed by atoms with Crippen LogP contribution in [0.5, 0.6) is 17.2 Å². The minimum atomic E-state index is -4.71. The first-order valence-corrected chi connectivity index (χ1v) is 8.01. The van der Waals surface area contributed by atoms with Crippen molar-refractivity contribution in [1.29, 1.82) is 0 Å². The predicted molar refractivity (Wildman–Crippen MR) is 94.9 cm³/mol. The van der Waals surface area contributed by atoms with E-state index in [0.29, 0.717) is 24.5 Å². The van der Waals surface area contributed by atoms with Gasteiger partial charge in [-0.15, -0.1) is 13.2 Å². The molecule has 0 bridgehead atoms. The number of hydrogen-bond donors (Lipinski definition) is 2. The number of halogens is 3. The lowest BCUT2D eigenvalue weighted by Crippen LogP contribution is -2.34. The van der Waals surface area contributed by atoms with Crippen molar-refractivity contribution in [3.63, 3.8) is 0 Å². The third-order valence-electron chi connectivity index (χ3n) is 3.33. The minimum absolute atomic E-state index is 0.212. The highest BCUT2D eigenvalue weighted by Crippen LogP contribution is 2.22. The van der Waals surface area contributed by atoms with E-state index in [1.165, 1.54) is 24.3 Å². The summed E-state index contributed by atoms with van der Waals surface area (Å²) in [6.45, 7) is 1.05. The fourth-order valence-electron chi connectivity index (χ4n) is 2.05. The number of rotatable bonds is 8. The Morgan fingerprint density at radius 1 is 1.00 bits per heavy atom. The number of aliphatic imine (C=N–C) groups is 1. The van der Waals surface area contributed by atoms with Gasteiger partial charge in [-0.05, 0) is 42.0 Å². The van der Waals surface area contributed by atoms with Crippen LogP contribution in [0.1, 0.15) is 5.56 Å². The first-order valence-electron chi connectivity index (χ1n) is 8.01. The van der Waals surface area contributed by atoms with E-state index in [0.717, 1.165) is 5.75 Å². The van der Waals surface area contributed by atoms with Gasteiger partial charge in [-0.1, -0.05) is 12.1 Å². The average Bonchev–Trinajstić information content (AvgIpc) is 2.64. The van der Waals surface area contributed by atoms with Crippen LogP contribution in [0.3, 0.4) is 0 Å². The van der Waals surface area contributed by atoms with Gasteiger partial charge in [-0.25, -0.2) is 4.99 Å². The molecule has 0 saturated heterocycles. The van der Waals surface area contributed by atoms with Crippen LogP contribution >= 0.6 is 0 Å². The molecule has 146 valence electrons. The summed E-state index contributed by atoms with van der Waals surface area (Å²) in [6.07, 6.45) is -4.71. The molecule has 2 aromatic carbocycles. The van der Waals surface area contributed by atoms with Crippen LogP contribution in [0, 0.1) is 0 Å². The monoisotopic (exact) mass is 383 g/mol. The van der Waals surface area contributed by atoms with Crippen molar-refractivity contribution in [1.82, 2.24) is 5.32 Å². The molecule has 27 heavy (non-hydrogen) atoms. The molecule has 0 spiro atoms. The maximum absolute atomic E-state index is 12.1. The molecular formula is C18H20F3N3O3. The SMILES string of the molecule is COc1ccc(OCCNC(N)=NCc2ccc(OC(F)(F)F)cc2)cc1. The van der Waals surface area contributed by atoms with Gasteiger partial charge in [-0.3, -0.25) is 0 Å². The van der Waals surface area contributed by atoms with Crippen molar-refractivity contribution in [3.8, 4) is 17.2 Å². The molecular weight excluding hydrogens is 363 g/mol. The van der Waals surface area contributed by atoms with Gasteiger partial charge in [-0.2, -0.15) is 0 Å². The van der Waals surface area contributed by atoms with Gasteiger partial charge in [0.05, 0.1) is 20.2 Å². The molecule has 0 fully saturated rings. The zero-order chi connectivity index (χ0) is 19.7. The lowest BCUT2D eigenvalue weighted by atomic mass is 10.2. The summed E-state index contributed by atoms with van der Waals surface area (Å²) in [6, 6.07) is 12.6. The number of nitrogens with two attached hydrogens (primary N) is 1. The highest BCUT2D eigenvalue weighted by Gasteiger charge is 2.30. The van der Waals surface area contributed by atoms with E-state index in [4.69, 9.17) is 15.2 Å². The van der Waals surface area contributed by atoms with Crippen molar-refractivity contribution < 1.29 is 27.4 Å². The first kappa shape index (κ1) is 20.2. The smallest absolute Gasteiger partial charge is 0.497 e. The topological polar surface area (TPSA) is 78.1 Å². The first-order chi connectivity index (χ1) is 12.9. The zero-order valence-electron chi connectivity index (χ0n) is 14.6. The Hall–Kier alpha value is -3.10. The molecule has 0 atom stereocenters. The summed E-state index contributed by atoms with van der Waals surface area (Å²) < 4.78 is 50.7. The molecule has 0 amide bonds. The number of ether oxygens (including phenoxy) is 3. The second-order valence-electron chi connectivity index (χ2n) is 5.34. The maximum atomic E-state index is 12.1. The number of hydrogen-bond acceptors (Lipinski definition) is 4. The molecule has 0 aliphatic rings. The van der Waals surface area contributed by atoms with Crippen molar-refractivity contribution >= 4 is 5.96 Å². The second-order valence-corrected chi connectivity index (χ2v) is 5.34. The third kappa shape index (κ3) is 7.76. The van der Waals surface area contributed by atoms with Gasteiger partial charge in [0.15, 0.2) is 5.96 Å². The summed E-state index contributed by atoms with van der Waals surface area (Å²) in [7, 11) is 1.59. The van der Waals surface area contributed by atoms with Crippen LogP contribution in [-0.2, 0) is 6.54 Å². The minimum Gasteiger partial charge on any atom is -0.497 e. The Kier molecular flexibility index (Phi) is 7.16. The van der Waals surface area contributed by atoms with Crippen molar-refractivity contribution in [2.75, 3.05) is 20.3 Å². The fourth-order valence-corrected chi connectivity index (χ4v) is 2.05. The molecule has 0 aliphatic carbocycles. The van der Waals surface area contributed by atoms with Crippen molar-refractivity contribution in [3.05, 3.63) is 54.1 Å². The van der Waals surface area contributed by atoms with Crippen LogP contribution in [0.4, 0.5) is 13.2 Å². The molecule has 0 unspecified atom stereocenters. The number of alkyl halides is 3. The average molecular weight is 383 g/mol. The molecule has 2 aromatic rings. The largest absolute Gasteiger partial charge is 0.573 e. The van der Waals surface area contributed by atoms with Gasteiger partial charge in [0.25, 0.3) is 0 Å². The number of nitrogens with one attached hydrogen (secondary N) is 1. The number of nitrogens with zero attached hydrogens (tertiary/aromatic N) is 1. The van der Waals surface area contributed by atoms with Crippen LogP contribution in [0.2, 0.25) is 0 Å². The normalized spacial score (nSPS) is 11.8. The van der Waals surface area contributed by atoms with E-state index >= 15 is 0 Å². The van der Waals surface area contributed by atoms with E-state index in [2.05, 4.69) is 15.0 Å². The summed E-state index contributed by atoms with van der Waals surface area (Å²) in [4.78, 5) is 4.11. The third-order valence-corrected chi connectivity index (χ3v) is 3.33. The van der Waals surface area contributed by atoms with E-state index in [-0.39, 0.29) is 18.3 Å². The molecule has 0 aromatic heterocycles. The van der Waals surface area contributed by atoms with Gasteiger partial charge in [0.1, 0.15) is 23.9 Å². The van der Waals surface area contributed by atoms with E-state index < -0.39 is 6.36 Å². The van der Waals surface area contributed by atoms with Crippen LogP contribution in [0.15, 0.2) is 53.5 Å². The van der Waals surface area contributed by atoms with E-state index in [9.17, 15) is 13.2 Å². The molecule has 9 heteroatoms. The number of benzene rings is 2. The Bertz CT molecular complexity index is 732. The summed E-state index contributed by atoms with van der Waals surface area (Å²) in [5.74, 6) is 1.38. The Balaban J connectivity index is 1.70. The molecule has 0 saturated carbocycles. The quantitative estimate of drug-likeness (QED) is 0.416. The molecule has 0 heterocycles. The standard InChI is InChI=1S/C18H20F3N3O3/c1-25-14-6-8-15(9-7-14)26-11-10-23-17(22)24-12-13-2-4-16(5-3-13)27-18(19,20)21/h2-9H,10-12H2,1H3,(H3,22,23,24). The predicted octanol–water partition coefficient (Wildman–Crippen LogP) is 3.08. The lowest BCUT2D eigenvalue weighted by molar-refractivity contribution is -0.274. The van der Waals surface area contributed by atoms with Crippen molar-refractivity contribution in [2.45, 2.75) is 12.9 Å². The van der Waals surface area contributed by atoms with Crippen LogP contribution in [-0.4, -0.2) is 32.6 Å². The van der Waals surface area contributed by atoms with Gasteiger partial charge in [0, 0.05) is 0 Å². The molecule has 0 aliphatic heterocycles. The second kappa shape index (κ2) is 9.56. The highest BCUT2D eigenvalue weighted by atomic mass is 19.4. The Morgan fingerprint density at radius 3 is 2.19 bits per heavy atom. The molecule has 2 rings (SSSR count). The van der Waals surface area contributed by atoms with Crippen molar-refractivity contribution in [2.24, 2.45) is 10.7 Å². The Morgan fingerprint density at radius 2 is 1.59 bits per heavy atom. The number of methoxy groups -OCH3 is 1. The summed E-state index contributed by atoms with van der Waals surface area (Å²) >= 11 is 0. The lowest BCUT2D eigenvalue weighted by Gasteiger charge is -2.09. The highest BCUT2D eigenvalue weighted by molar-refractivity contribution is 5.77. The molecule has 3 N–H and O–H groups in total. The van der Waals surface area contributed by atoms with E-state index in [1.807, 2.05) is 0 Å². The van der Waals surface area contributed by atoms with Crippen LogP contribution in [0.25, 0.3) is 0 Å². The zero-order valence-corrected chi connectivity index (χ0v) is 14.6. The number of guanidine groups is 1. The van der Waals surface area contributed by atoms with Crippen LogP contribution < -0.4 is 25.3 Å². The summed E-state index contributed by atoms with van der Waals surface area (Å²) in [5.41, 5.74) is 6.44. The van der Waals surface area contributed by atoms with Gasteiger partial charge < -0.3 is 25.3 Å². The maximum Gasteiger partial charge on any atom is 0.573 e.